The molecule has 0 saturated heterocycles. The lowest BCUT2D eigenvalue weighted by Gasteiger charge is -2.01. The summed E-state index contributed by atoms with van der Waals surface area (Å²) in [6, 6.07) is 0. The molecule has 0 rings (SSSR count). The Balaban J connectivity index is 4.21. The van der Waals surface area contributed by atoms with Gasteiger partial charge in [0.25, 0.3) is 0 Å². The van der Waals surface area contributed by atoms with Gasteiger partial charge in [0, 0.05) is 0 Å². The van der Waals surface area contributed by atoms with Crippen LogP contribution >= 0.6 is 0 Å². The van der Waals surface area contributed by atoms with E-state index in [0.717, 1.165) is 0 Å². The molecule has 0 spiro atoms. The molecule has 0 N–H and O–H groups in total. The zero-order valence-electron chi connectivity index (χ0n) is 7.32. The van der Waals surface area contributed by atoms with Crippen molar-refractivity contribution in [1.29, 1.82) is 0 Å². The predicted molar refractivity (Wildman–Crippen MR) is 47.1 cm³/mol. The lowest BCUT2D eigenvalue weighted by molar-refractivity contribution is 0.372. The molecule has 60 valence electrons. The summed E-state index contributed by atoms with van der Waals surface area (Å²) < 4.78 is 9.25. The topological polar surface area (TPSA) is 18.5 Å². The van der Waals surface area contributed by atoms with Gasteiger partial charge in [0.1, 0.15) is 12.2 Å². The van der Waals surface area contributed by atoms with Gasteiger partial charge in [-0.2, -0.15) is 0 Å². The molecule has 0 fully saturated rings. The first-order valence-corrected chi connectivity index (χ1v) is 6.22. The predicted octanol–water partition coefficient (Wildman–Crippen LogP) is 0.988. The largest absolute Gasteiger partial charge is 0.450 e. The first-order valence-electron chi connectivity index (χ1n) is 3.22. The van der Waals surface area contributed by atoms with E-state index in [4.69, 9.17) is 0 Å². The third-order valence-electron chi connectivity index (χ3n) is 0.931. The Labute approximate surface area is 68.9 Å². The van der Waals surface area contributed by atoms with Gasteiger partial charge >= 0.3 is 0 Å². The molecule has 11 heavy (non-hydrogen) atoms. The molecular weight excluding hydrogens is 156 g/mol. The molecule has 0 aromatic rings. The fourth-order valence-electron chi connectivity index (χ4n) is 0.388. The van der Waals surface area contributed by atoms with Crippen LogP contribution in [0.2, 0.25) is 13.1 Å². The Hall–Kier alpha value is -1.06. The smallest absolute Gasteiger partial charge is 0.219 e. The SMILES string of the molecule is COC#C[Si](C)(C)C#COC. The fraction of sp³-hybridized carbons (Fsp3) is 0.500. The zero-order valence-corrected chi connectivity index (χ0v) is 8.32. The zero-order chi connectivity index (χ0) is 8.74. The molecule has 2 nitrogen and oxygen atoms in total. The van der Waals surface area contributed by atoms with Gasteiger partial charge in [-0.3, -0.25) is 0 Å². The highest BCUT2D eigenvalue weighted by Crippen LogP contribution is 1.96. The van der Waals surface area contributed by atoms with Crippen molar-refractivity contribution in [1.82, 2.24) is 0 Å². The number of rotatable bonds is 0. The van der Waals surface area contributed by atoms with Gasteiger partial charge in [-0.1, -0.05) is 11.1 Å². The fourth-order valence-corrected chi connectivity index (χ4v) is 1.17. The summed E-state index contributed by atoms with van der Waals surface area (Å²) in [5.41, 5.74) is 5.91. The maximum Gasteiger partial charge on any atom is 0.219 e. The van der Waals surface area contributed by atoms with E-state index < -0.39 is 8.07 Å². The summed E-state index contributed by atoms with van der Waals surface area (Å²) in [6.07, 6.45) is 5.10. The van der Waals surface area contributed by atoms with Crippen molar-refractivity contribution >= 4 is 8.07 Å². The molecule has 0 atom stereocenters. The standard InChI is InChI=1S/C8H12O2Si/c1-9-5-7-11(3,4)8-6-10-2/h1-4H3. The number of methoxy groups -OCH3 is 2. The lowest BCUT2D eigenvalue weighted by Crippen LogP contribution is -2.21. The minimum Gasteiger partial charge on any atom is -0.450 e. The van der Waals surface area contributed by atoms with Crippen LogP contribution < -0.4 is 0 Å². The Morgan fingerprint density at radius 2 is 1.27 bits per heavy atom. The quantitative estimate of drug-likeness (QED) is 0.396. The minimum atomic E-state index is -1.72. The number of hydrogen-bond acceptors (Lipinski definition) is 2. The first-order chi connectivity index (χ1) is 5.12. The maximum absolute atomic E-state index is 4.62. The van der Waals surface area contributed by atoms with E-state index in [2.05, 4.69) is 32.8 Å². The van der Waals surface area contributed by atoms with Crippen molar-refractivity contribution in [3.05, 3.63) is 0 Å². The van der Waals surface area contributed by atoms with Crippen molar-refractivity contribution in [2.24, 2.45) is 0 Å². The third-order valence-corrected chi connectivity index (χ3v) is 2.39. The maximum atomic E-state index is 4.62. The average molecular weight is 168 g/mol. The highest BCUT2D eigenvalue weighted by molar-refractivity contribution is 6.92. The molecule has 0 heterocycles. The van der Waals surface area contributed by atoms with Crippen molar-refractivity contribution in [2.45, 2.75) is 13.1 Å². The van der Waals surface area contributed by atoms with Gasteiger partial charge in [0.2, 0.25) is 8.07 Å². The van der Waals surface area contributed by atoms with E-state index in [0.29, 0.717) is 0 Å². The van der Waals surface area contributed by atoms with Crippen LogP contribution in [0.15, 0.2) is 0 Å². The molecule has 0 aliphatic carbocycles. The Morgan fingerprint density at radius 3 is 1.55 bits per heavy atom. The van der Waals surface area contributed by atoms with Gasteiger partial charge in [-0.15, -0.1) is 0 Å². The highest BCUT2D eigenvalue weighted by atomic mass is 28.3. The molecular formula is C8H12O2Si. The van der Waals surface area contributed by atoms with Crippen LogP contribution in [0.25, 0.3) is 0 Å². The van der Waals surface area contributed by atoms with E-state index in [1.165, 1.54) is 0 Å². The van der Waals surface area contributed by atoms with E-state index >= 15 is 0 Å². The van der Waals surface area contributed by atoms with Crippen molar-refractivity contribution < 1.29 is 9.47 Å². The van der Waals surface area contributed by atoms with Gasteiger partial charge < -0.3 is 9.47 Å². The molecule has 0 aromatic carbocycles. The van der Waals surface area contributed by atoms with Gasteiger partial charge in [0.15, 0.2) is 0 Å². The van der Waals surface area contributed by atoms with Crippen molar-refractivity contribution in [2.75, 3.05) is 14.2 Å². The molecule has 0 bridgehead atoms. The summed E-state index contributed by atoms with van der Waals surface area (Å²) in [6.45, 7) is 4.07. The van der Waals surface area contributed by atoms with E-state index in [1.54, 1.807) is 14.2 Å². The van der Waals surface area contributed by atoms with Gasteiger partial charge in [-0.05, 0) is 13.1 Å². The normalized spacial score (nSPS) is 8.36. The monoisotopic (exact) mass is 168 g/mol. The van der Waals surface area contributed by atoms with Crippen LogP contribution in [0.4, 0.5) is 0 Å². The van der Waals surface area contributed by atoms with Crippen LogP contribution in [0, 0.1) is 23.3 Å². The molecule has 0 unspecified atom stereocenters. The molecule has 3 heteroatoms. The van der Waals surface area contributed by atoms with Gasteiger partial charge in [0.05, 0.1) is 14.2 Å². The summed E-state index contributed by atoms with van der Waals surface area (Å²) in [5, 5.41) is 0. The van der Waals surface area contributed by atoms with E-state index in [1.807, 2.05) is 13.1 Å². The van der Waals surface area contributed by atoms with Crippen molar-refractivity contribution in [3.63, 3.8) is 0 Å². The second-order valence-electron chi connectivity index (χ2n) is 2.49. The van der Waals surface area contributed by atoms with Crippen molar-refractivity contribution in [3.8, 4) is 23.3 Å². The van der Waals surface area contributed by atoms with E-state index in [-0.39, 0.29) is 0 Å². The first kappa shape index (κ1) is 9.94. The Bertz CT molecular complexity index is 200. The highest BCUT2D eigenvalue weighted by Gasteiger charge is 2.14. The summed E-state index contributed by atoms with van der Waals surface area (Å²) >= 11 is 0. The number of ether oxygens (including phenoxy) is 2. The second-order valence-corrected chi connectivity index (χ2v) is 6.24. The van der Waals surface area contributed by atoms with E-state index in [9.17, 15) is 0 Å². The molecule has 0 aliphatic heterocycles. The molecule has 0 amide bonds. The molecule has 0 radical (unpaired) electrons. The third kappa shape index (κ3) is 5.38. The van der Waals surface area contributed by atoms with Crippen LogP contribution in [0.5, 0.6) is 0 Å². The average Bonchev–Trinajstić information content (AvgIpc) is 1.97. The molecule has 0 aliphatic rings. The lowest BCUT2D eigenvalue weighted by atomic mass is 11.2. The summed E-state index contributed by atoms with van der Waals surface area (Å²) in [7, 11) is 1.37. The Kier molecular flexibility index (Phi) is 4.25. The number of hydrogen-bond donors (Lipinski definition) is 0. The van der Waals surface area contributed by atoms with Crippen LogP contribution in [-0.4, -0.2) is 22.3 Å². The Morgan fingerprint density at radius 1 is 0.909 bits per heavy atom. The van der Waals surface area contributed by atoms with Crippen LogP contribution in [0.3, 0.4) is 0 Å². The molecule has 0 aromatic heterocycles. The van der Waals surface area contributed by atoms with Crippen LogP contribution in [-0.2, 0) is 9.47 Å². The summed E-state index contributed by atoms with van der Waals surface area (Å²) in [5.74, 6) is 0. The molecule has 0 saturated carbocycles. The minimum absolute atomic E-state index is 1.54. The summed E-state index contributed by atoms with van der Waals surface area (Å²) in [4.78, 5) is 0. The van der Waals surface area contributed by atoms with Crippen LogP contribution in [0.1, 0.15) is 0 Å². The second kappa shape index (κ2) is 4.71. The van der Waals surface area contributed by atoms with Gasteiger partial charge in [-0.25, -0.2) is 0 Å².